The number of hydrogen-bond acceptors (Lipinski definition) is 10. The first-order chi connectivity index (χ1) is 17.8. The number of methoxy groups -OCH3 is 3. The van der Waals surface area contributed by atoms with Crippen LogP contribution in [0.3, 0.4) is 0 Å². The number of nitrogens with one attached hydrogen (secondary N) is 1. The van der Waals surface area contributed by atoms with E-state index in [4.69, 9.17) is 14.2 Å². The molecule has 0 fully saturated rings. The van der Waals surface area contributed by atoms with E-state index in [0.29, 0.717) is 22.9 Å². The van der Waals surface area contributed by atoms with Gasteiger partial charge in [-0.05, 0) is 43.7 Å². The van der Waals surface area contributed by atoms with E-state index in [1.807, 2.05) is 6.92 Å². The van der Waals surface area contributed by atoms with Gasteiger partial charge in [0.25, 0.3) is 0 Å². The number of aryl methyl sites for hydroxylation is 1. The van der Waals surface area contributed by atoms with Crippen LogP contribution in [0.25, 0.3) is 17.2 Å². The second-order valence-electron chi connectivity index (χ2n) is 8.04. The Bertz CT molecular complexity index is 1440. The van der Waals surface area contributed by atoms with Gasteiger partial charge in [0.2, 0.25) is 16.0 Å². The second kappa shape index (κ2) is 10.9. The first-order valence-electron chi connectivity index (χ1n) is 11.2. The van der Waals surface area contributed by atoms with Crippen molar-refractivity contribution in [1.82, 2.24) is 29.7 Å². The molecule has 0 aliphatic heterocycles. The zero-order valence-corrected chi connectivity index (χ0v) is 21.8. The number of benzene rings is 1. The molecule has 1 aromatic carbocycles. The monoisotopic (exact) mass is 525 g/mol. The van der Waals surface area contributed by atoms with Gasteiger partial charge >= 0.3 is 0 Å². The summed E-state index contributed by atoms with van der Waals surface area (Å²) in [5.41, 5.74) is 1.70. The summed E-state index contributed by atoms with van der Waals surface area (Å²) >= 11 is 0. The fraction of sp³-hybridized carbons (Fsp3) is 0.292. The number of rotatable bonds is 10. The summed E-state index contributed by atoms with van der Waals surface area (Å²) in [4.78, 5) is 12.8. The fourth-order valence-electron chi connectivity index (χ4n) is 3.71. The van der Waals surface area contributed by atoms with Crippen molar-refractivity contribution >= 4 is 16.0 Å². The Hall–Kier alpha value is -4.10. The van der Waals surface area contributed by atoms with Gasteiger partial charge in [0.1, 0.15) is 34.2 Å². The molecule has 3 aromatic heterocycles. The molecule has 12 nitrogen and oxygen atoms in total. The maximum absolute atomic E-state index is 13.6. The summed E-state index contributed by atoms with van der Waals surface area (Å²) in [7, 11) is 0.302. The minimum atomic E-state index is -4.10. The van der Waals surface area contributed by atoms with Gasteiger partial charge in [0.15, 0.2) is 11.6 Å². The van der Waals surface area contributed by atoms with Gasteiger partial charge < -0.3 is 14.2 Å². The number of aromatic nitrogens is 6. The zero-order valence-electron chi connectivity index (χ0n) is 21.0. The fourth-order valence-corrected chi connectivity index (χ4v) is 4.85. The van der Waals surface area contributed by atoms with Crippen molar-refractivity contribution < 1.29 is 22.6 Å². The Morgan fingerprint density at radius 1 is 0.919 bits per heavy atom. The second-order valence-corrected chi connectivity index (χ2v) is 10.1. The lowest BCUT2D eigenvalue weighted by molar-refractivity contribution is 0.0949. The van der Waals surface area contributed by atoms with Crippen molar-refractivity contribution in [1.29, 1.82) is 0 Å². The van der Waals surface area contributed by atoms with Gasteiger partial charge in [0, 0.05) is 25.7 Å². The van der Waals surface area contributed by atoms with E-state index in [0.717, 1.165) is 5.56 Å². The number of anilines is 1. The van der Waals surface area contributed by atoms with Crippen molar-refractivity contribution in [3.8, 4) is 28.7 Å². The highest BCUT2D eigenvalue weighted by Gasteiger charge is 2.35. The van der Waals surface area contributed by atoms with Crippen LogP contribution in [0.5, 0.6) is 11.5 Å². The molecule has 0 amide bonds. The predicted octanol–water partition coefficient (Wildman–Crippen LogP) is 2.96. The highest BCUT2D eigenvalue weighted by atomic mass is 32.2. The molecule has 0 aliphatic rings. The van der Waals surface area contributed by atoms with E-state index in [-0.39, 0.29) is 17.6 Å². The molecule has 0 saturated heterocycles. The van der Waals surface area contributed by atoms with E-state index >= 15 is 0 Å². The third-order valence-corrected chi connectivity index (χ3v) is 7.33. The maximum atomic E-state index is 13.6. The lowest BCUT2D eigenvalue weighted by atomic mass is 10.2. The van der Waals surface area contributed by atoms with Crippen molar-refractivity contribution in [2.45, 2.75) is 25.2 Å². The minimum Gasteiger partial charge on any atom is -0.494 e. The molecule has 0 aliphatic carbocycles. The average molecular weight is 526 g/mol. The number of sulfonamides is 1. The zero-order chi connectivity index (χ0) is 26.6. The molecule has 4 rings (SSSR count). The van der Waals surface area contributed by atoms with Crippen LogP contribution in [0.1, 0.15) is 24.4 Å². The Morgan fingerprint density at radius 3 is 2.16 bits per heavy atom. The molecule has 0 radical (unpaired) electrons. The van der Waals surface area contributed by atoms with Crippen LogP contribution in [0, 0.1) is 6.92 Å². The van der Waals surface area contributed by atoms with Crippen LogP contribution in [0.2, 0.25) is 0 Å². The summed E-state index contributed by atoms with van der Waals surface area (Å²) in [5.74, 6) is 1.25. The SMILES string of the molecule is COc1cccc(OC)c1-n1c(NS(=O)(=O)[C@@H](C)[C@H](OC)c2ncc(C)cn2)nnc1-c1ccccn1. The molecule has 4 aromatic rings. The summed E-state index contributed by atoms with van der Waals surface area (Å²) < 4.78 is 47.8. The Balaban J connectivity index is 1.83. The summed E-state index contributed by atoms with van der Waals surface area (Å²) in [6, 6.07) is 10.5. The highest BCUT2D eigenvalue weighted by Crippen LogP contribution is 2.37. The number of nitrogens with zero attached hydrogens (tertiary/aromatic N) is 6. The van der Waals surface area contributed by atoms with Gasteiger partial charge in [-0.1, -0.05) is 12.1 Å². The molecule has 0 bridgehead atoms. The highest BCUT2D eigenvalue weighted by molar-refractivity contribution is 7.93. The molecule has 0 saturated carbocycles. The topological polar surface area (TPSA) is 143 Å². The summed E-state index contributed by atoms with van der Waals surface area (Å²) in [6.45, 7) is 3.34. The first kappa shape index (κ1) is 26.0. The Morgan fingerprint density at radius 2 is 1.59 bits per heavy atom. The molecule has 194 valence electrons. The van der Waals surface area contributed by atoms with Crippen molar-refractivity contribution in [3.63, 3.8) is 0 Å². The van der Waals surface area contributed by atoms with E-state index in [9.17, 15) is 8.42 Å². The van der Waals surface area contributed by atoms with Crippen LogP contribution in [-0.4, -0.2) is 64.7 Å². The minimum absolute atomic E-state index is 0.0880. The Kier molecular flexibility index (Phi) is 7.64. The Labute approximate surface area is 214 Å². The van der Waals surface area contributed by atoms with Crippen molar-refractivity contribution in [2.75, 3.05) is 26.1 Å². The maximum Gasteiger partial charge on any atom is 0.243 e. The summed E-state index contributed by atoms with van der Waals surface area (Å²) in [5, 5.41) is 7.31. The molecule has 1 N–H and O–H groups in total. The molecular weight excluding hydrogens is 498 g/mol. The van der Waals surface area contributed by atoms with Crippen LogP contribution in [0.15, 0.2) is 55.0 Å². The third kappa shape index (κ3) is 5.22. The van der Waals surface area contributed by atoms with E-state index in [2.05, 4.69) is 29.9 Å². The van der Waals surface area contributed by atoms with Crippen molar-refractivity contribution in [3.05, 3.63) is 66.4 Å². The lowest BCUT2D eigenvalue weighted by Crippen LogP contribution is -2.33. The van der Waals surface area contributed by atoms with E-state index in [1.54, 1.807) is 55.0 Å². The quantitative estimate of drug-likeness (QED) is 0.328. The summed E-state index contributed by atoms with van der Waals surface area (Å²) in [6.07, 6.45) is 3.87. The predicted molar refractivity (Wildman–Crippen MR) is 136 cm³/mol. The van der Waals surface area contributed by atoms with Crippen LogP contribution >= 0.6 is 0 Å². The molecular formula is C24H27N7O5S. The van der Waals surface area contributed by atoms with Gasteiger partial charge in [-0.15, -0.1) is 10.2 Å². The number of para-hydroxylation sites is 1. The molecule has 0 spiro atoms. The average Bonchev–Trinajstić information content (AvgIpc) is 3.32. The normalized spacial score (nSPS) is 13.1. The van der Waals surface area contributed by atoms with E-state index in [1.165, 1.54) is 32.8 Å². The largest absolute Gasteiger partial charge is 0.494 e. The molecule has 2 atom stereocenters. The van der Waals surface area contributed by atoms with Crippen LogP contribution < -0.4 is 14.2 Å². The molecule has 37 heavy (non-hydrogen) atoms. The number of pyridine rings is 1. The smallest absolute Gasteiger partial charge is 0.243 e. The van der Waals surface area contributed by atoms with Gasteiger partial charge in [-0.2, -0.15) is 0 Å². The lowest BCUT2D eigenvalue weighted by Gasteiger charge is -2.22. The molecule has 13 heteroatoms. The van der Waals surface area contributed by atoms with Gasteiger partial charge in [-0.3, -0.25) is 14.3 Å². The molecule has 0 unspecified atom stereocenters. The first-order valence-corrected chi connectivity index (χ1v) is 12.8. The van der Waals surface area contributed by atoms with Crippen LogP contribution in [0.4, 0.5) is 5.95 Å². The van der Waals surface area contributed by atoms with Gasteiger partial charge in [-0.25, -0.2) is 18.4 Å². The van der Waals surface area contributed by atoms with Crippen LogP contribution in [-0.2, 0) is 14.8 Å². The molecule has 3 heterocycles. The third-order valence-electron chi connectivity index (χ3n) is 5.64. The number of hydrogen-bond donors (Lipinski definition) is 1. The van der Waals surface area contributed by atoms with E-state index < -0.39 is 21.4 Å². The van der Waals surface area contributed by atoms with Crippen molar-refractivity contribution in [2.24, 2.45) is 0 Å². The van der Waals surface area contributed by atoms with Gasteiger partial charge in [0.05, 0.1) is 14.2 Å². The standard InChI is InChI=1S/C24H27N7O5S/c1-15-13-26-22(27-14-15)21(36-5)16(2)37(32,33)30-24-29-28-23(17-9-6-7-12-25-17)31(24)20-18(34-3)10-8-11-19(20)35-4/h6-14,16,21H,1-5H3,(H,29,30)/t16-,21-/m0/s1. The number of ether oxygens (including phenoxy) is 3.